The molecule has 130 valence electrons. The third-order valence-electron chi connectivity index (χ3n) is 5.55. The van der Waals surface area contributed by atoms with Gasteiger partial charge in [0.05, 0.1) is 11.2 Å². The van der Waals surface area contributed by atoms with Crippen LogP contribution < -0.4 is 5.46 Å². The maximum Gasteiger partial charge on any atom is 0.494 e. The Hall–Kier alpha value is -1.33. The molecule has 0 N–H and O–H groups in total. The summed E-state index contributed by atoms with van der Waals surface area (Å²) < 4.78 is 12.2. The number of carbonyl (C=O) groups is 1. The van der Waals surface area contributed by atoms with Crippen molar-refractivity contribution in [2.24, 2.45) is 0 Å². The number of carbonyl (C=O) groups excluding carboxylic acids is 1. The molecular weight excluding hydrogens is 301 g/mol. The van der Waals surface area contributed by atoms with Crippen molar-refractivity contribution in [2.75, 3.05) is 13.1 Å². The Morgan fingerprint density at radius 2 is 1.58 bits per heavy atom. The van der Waals surface area contributed by atoms with Gasteiger partial charge in [0.15, 0.2) is 0 Å². The molecule has 4 nitrogen and oxygen atoms in total. The fourth-order valence-corrected chi connectivity index (χ4v) is 3.25. The van der Waals surface area contributed by atoms with Crippen molar-refractivity contribution in [3.8, 4) is 0 Å². The van der Waals surface area contributed by atoms with Crippen LogP contribution in [-0.4, -0.2) is 42.2 Å². The van der Waals surface area contributed by atoms with E-state index in [0.29, 0.717) is 0 Å². The summed E-state index contributed by atoms with van der Waals surface area (Å²) in [5, 5.41) is 0. The second kappa shape index (κ2) is 6.53. The summed E-state index contributed by atoms with van der Waals surface area (Å²) in [4.78, 5) is 14.8. The summed E-state index contributed by atoms with van der Waals surface area (Å²) in [5.74, 6) is 0.121. The first-order valence-corrected chi connectivity index (χ1v) is 9.05. The number of rotatable bonds is 2. The van der Waals surface area contributed by atoms with Crippen molar-refractivity contribution < 1.29 is 14.1 Å². The molecular formula is C19H28BNO3. The summed E-state index contributed by atoms with van der Waals surface area (Å²) in [6.45, 7) is 9.88. The van der Waals surface area contributed by atoms with E-state index in [1.54, 1.807) is 0 Å². The van der Waals surface area contributed by atoms with Gasteiger partial charge in [0.2, 0.25) is 0 Å². The predicted octanol–water partition coefficient (Wildman–Crippen LogP) is 3.00. The largest absolute Gasteiger partial charge is 0.494 e. The van der Waals surface area contributed by atoms with Crippen molar-refractivity contribution in [1.82, 2.24) is 4.90 Å². The van der Waals surface area contributed by atoms with Gasteiger partial charge in [-0.15, -0.1) is 0 Å². The van der Waals surface area contributed by atoms with E-state index >= 15 is 0 Å². The standard InChI is InChI=1S/C19H28BNO3/c1-18(2)19(3,4)24-20(23-18)16-11-9-10-15(14-16)17(22)21-12-7-5-6-8-13-21/h9-11,14H,5-8,12-13H2,1-4H3. The lowest BCUT2D eigenvalue weighted by Crippen LogP contribution is -2.41. The van der Waals surface area contributed by atoms with Gasteiger partial charge in [0, 0.05) is 18.7 Å². The van der Waals surface area contributed by atoms with Gasteiger partial charge in [-0.05, 0) is 58.1 Å². The lowest BCUT2D eigenvalue weighted by Gasteiger charge is -2.32. The molecule has 1 amide bonds. The molecule has 0 bridgehead atoms. The number of hydrogen-bond acceptors (Lipinski definition) is 3. The Labute approximate surface area is 145 Å². The quantitative estimate of drug-likeness (QED) is 0.783. The molecule has 2 aliphatic rings. The van der Waals surface area contributed by atoms with Crippen molar-refractivity contribution in [3.05, 3.63) is 29.8 Å². The van der Waals surface area contributed by atoms with Crippen molar-refractivity contribution in [1.29, 1.82) is 0 Å². The van der Waals surface area contributed by atoms with Crippen LogP contribution in [0.15, 0.2) is 24.3 Å². The lowest BCUT2D eigenvalue weighted by molar-refractivity contribution is 0.00578. The van der Waals surface area contributed by atoms with Crippen molar-refractivity contribution >= 4 is 18.5 Å². The smallest absolute Gasteiger partial charge is 0.399 e. The molecule has 0 radical (unpaired) electrons. The van der Waals surface area contributed by atoms with Gasteiger partial charge in [-0.2, -0.15) is 0 Å². The highest BCUT2D eigenvalue weighted by Crippen LogP contribution is 2.36. The van der Waals surface area contributed by atoms with Gasteiger partial charge < -0.3 is 14.2 Å². The predicted molar refractivity (Wildman–Crippen MR) is 96.5 cm³/mol. The minimum absolute atomic E-state index is 0.121. The molecule has 2 saturated heterocycles. The van der Waals surface area contributed by atoms with Gasteiger partial charge >= 0.3 is 7.12 Å². The van der Waals surface area contributed by atoms with Gasteiger partial charge in [-0.3, -0.25) is 4.79 Å². The fraction of sp³-hybridized carbons (Fsp3) is 0.632. The van der Waals surface area contributed by atoms with Crippen LogP contribution in [0.4, 0.5) is 0 Å². The molecule has 5 heteroatoms. The molecule has 1 aromatic rings. The number of benzene rings is 1. The van der Waals surface area contributed by atoms with Crippen LogP contribution in [0.1, 0.15) is 63.7 Å². The molecule has 2 heterocycles. The monoisotopic (exact) mass is 329 g/mol. The number of amides is 1. The molecule has 0 atom stereocenters. The average Bonchev–Trinajstić information content (AvgIpc) is 2.74. The summed E-state index contributed by atoms with van der Waals surface area (Å²) in [5.41, 5.74) is 0.892. The normalized spacial score (nSPS) is 23.2. The maximum atomic E-state index is 12.8. The Balaban J connectivity index is 1.78. The number of hydrogen-bond donors (Lipinski definition) is 0. The van der Waals surface area contributed by atoms with Crippen LogP contribution in [0.2, 0.25) is 0 Å². The summed E-state index contributed by atoms with van der Waals surface area (Å²) >= 11 is 0. The number of nitrogens with zero attached hydrogens (tertiary/aromatic N) is 1. The van der Waals surface area contributed by atoms with E-state index in [0.717, 1.165) is 37.0 Å². The SMILES string of the molecule is CC1(C)OB(c2cccc(C(=O)N3CCCCCC3)c2)OC1(C)C. The van der Waals surface area contributed by atoms with Gasteiger partial charge in [0.1, 0.15) is 0 Å². The van der Waals surface area contributed by atoms with Gasteiger partial charge in [-0.25, -0.2) is 0 Å². The van der Waals surface area contributed by atoms with E-state index in [2.05, 4.69) is 0 Å². The molecule has 24 heavy (non-hydrogen) atoms. The average molecular weight is 329 g/mol. The molecule has 3 rings (SSSR count). The van der Waals surface area contributed by atoms with Crippen molar-refractivity contribution in [3.63, 3.8) is 0 Å². The minimum Gasteiger partial charge on any atom is -0.399 e. The fourth-order valence-electron chi connectivity index (χ4n) is 3.25. The highest BCUT2D eigenvalue weighted by molar-refractivity contribution is 6.62. The summed E-state index contributed by atoms with van der Waals surface area (Å²) in [6.07, 6.45) is 4.64. The molecule has 2 aliphatic heterocycles. The van der Waals surface area contributed by atoms with Crippen LogP contribution in [0.5, 0.6) is 0 Å². The second-order valence-corrected chi connectivity index (χ2v) is 7.92. The molecule has 2 fully saturated rings. The first kappa shape index (κ1) is 17.5. The minimum atomic E-state index is -0.424. The van der Waals surface area contributed by atoms with E-state index < -0.39 is 7.12 Å². The summed E-state index contributed by atoms with van der Waals surface area (Å²) in [7, 11) is -0.424. The highest BCUT2D eigenvalue weighted by Gasteiger charge is 2.51. The first-order chi connectivity index (χ1) is 11.3. The Kier molecular flexibility index (Phi) is 4.76. The Morgan fingerprint density at radius 3 is 2.17 bits per heavy atom. The zero-order chi connectivity index (χ0) is 17.4. The lowest BCUT2D eigenvalue weighted by atomic mass is 9.78. The third kappa shape index (κ3) is 3.38. The van der Waals surface area contributed by atoms with Crippen LogP contribution >= 0.6 is 0 Å². The zero-order valence-electron chi connectivity index (χ0n) is 15.3. The Morgan fingerprint density at radius 1 is 1.00 bits per heavy atom. The molecule has 1 aromatic carbocycles. The van der Waals surface area contributed by atoms with Crippen LogP contribution in [0, 0.1) is 0 Å². The molecule has 0 unspecified atom stereocenters. The van der Waals surface area contributed by atoms with E-state index in [-0.39, 0.29) is 17.1 Å². The molecule has 0 saturated carbocycles. The Bertz CT molecular complexity index is 590. The van der Waals surface area contributed by atoms with E-state index in [1.807, 2.05) is 56.9 Å². The van der Waals surface area contributed by atoms with Crippen LogP contribution in [0.3, 0.4) is 0 Å². The maximum absolute atomic E-state index is 12.8. The van der Waals surface area contributed by atoms with Gasteiger partial charge in [-0.1, -0.05) is 25.0 Å². The molecule has 0 aliphatic carbocycles. The molecule has 0 aromatic heterocycles. The van der Waals surface area contributed by atoms with Gasteiger partial charge in [0.25, 0.3) is 5.91 Å². The number of likely N-dealkylation sites (tertiary alicyclic amines) is 1. The second-order valence-electron chi connectivity index (χ2n) is 7.92. The van der Waals surface area contributed by atoms with E-state index in [1.165, 1.54) is 12.8 Å². The van der Waals surface area contributed by atoms with Crippen molar-refractivity contribution in [2.45, 2.75) is 64.6 Å². The highest BCUT2D eigenvalue weighted by atomic mass is 16.7. The zero-order valence-corrected chi connectivity index (χ0v) is 15.3. The third-order valence-corrected chi connectivity index (χ3v) is 5.55. The van der Waals surface area contributed by atoms with Crippen LogP contribution in [-0.2, 0) is 9.31 Å². The van der Waals surface area contributed by atoms with Crippen LogP contribution in [0.25, 0.3) is 0 Å². The van der Waals surface area contributed by atoms with E-state index in [9.17, 15) is 4.79 Å². The first-order valence-electron chi connectivity index (χ1n) is 9.05. The van der Waals surface area contributed by atoms with E-state index in [4.69, 9.17) is 9.31 Å². The summed E-state index contributed by atoms with van der Waals surface area (Å²) in [6, 6.07) is 7.71. The topological polar surface area (TPSA) is 38.8 Å². The molecule has 0 spiro atoms.